The molecule has 4 unspecified atom stereocenters. The number of nitrogen functional groups attached to an aromatic ring is 1. The number of anilines is 1. The molecule has 4 heteroatoms. The van der Waals surface area contributed by atoms with Crippen LogP contribution in [0.2, 0.25) is 0 Å². The minimum absolute atomic E-state index is 0.139. The van der Waals surface area contributed by atoms with Crippen molar-refractivity contribution in [3.8, 4) is 0 Å². The van der Waals surface area contributed by atoms with Crippen molar-refractivity contribution in [3.05, 3.63) is 24.1 Å². The standard InChI is InChI=1S/C14H18N2O2/c1-7-8(2)17-9(3)13(7)14-16-11-5-4-10(15)6-12(11)18-14/h4-9,13H,15H2,1-3H3. The summed E-state index contributed by atoms with van der Waals surface area (Å²) >= 11 is 0. The first-order valence-corrected chi connectivity index (χ1v) is 6.37. The lowest BCUT2D eigenvalue weighted by atomic mass is 9.89. The Bertz CT molecular complexity index is 578. The van der Waals surface area contributed by atoms with Gasteiger partial charge in [-0.3, -0.25) is 0 Å². The maximum Gasteiger partial charge on any atom is 0.201 e. The Hall–Kier alpha value is -1.55. The van der Waals surface area contributed by atoms with Crippen LogP contribution in [0, 0.1) is 5.92 Å². The molecule has 1 fully saturated rings. The van der Waals surface area contributed by atoms with Gasteiger partial charge in [0, 0.05) is 11.8 Å². The summed E-state index contributed by atoms with van der Waals surface area (Å²) in [5.74, 6) is 1.39. The van der Waals surface area contributed by atoms with Crippen molar-refractivity contribution in [1.29, 1.82) is 0 Å². The van der Waals surface area contributed by atoms with E-state index in [0.29, 0.717) is 11.6 Å². The summed E-state index contributed by atoms with van der Waals surface area (Å²) in [6.07, 6.45) is 0.380. The molecule has 0 amide bonds. The zero-order valence-electron chi connectivity index (χ0n) is 10.9. The fourth-order valence-electron chi connectivity index (χ4n) is 2.79. The largest absolute Gasteiger partial charge is 0.440 e. The van der Waals surface area contributed by atoms with Crippen LogP contribution in [0.4, 0.5) is 5.69 Å². The number of ether oxygens (including phenoxy) is 1. The van der Waals surface area contributed by atoms with E-state index in [-0.39, 0.29) is 18.1 Å². The monoisotopic (exact) mass is 246 g/mol. The van der Waals surface area contributed by atoms with E-state index in [1.165, 1.54) is 0 Å². The predicted molar refractivity (Wildman–Crippen MR) is 70.3 cm³/mol. The number of fused-ring (bicyclic) bond motifs is 1. The van der Waals surface area contributed by atoms with E-state index in [1.807, 2.05) is 18.2 Å². The van der Waals surface area contributed by atoms with Crippen molar-refractivity contribution in [2.75, 3.05) is 5.73 Å². The predicted octanol–water partition coefficient (Wildman–Crippen LogP) is 2.94. The van der Waals surface area contributed by atoms with E-state index in [2.05, 4.69) is 25.8 Å². The van der Waals surface area contributed by atoms with Crippen LogP contribution in [0.5, 0.6) is 0 Å². The van der Waals surface area contributed by atoms with Crippen molar-refractivity contribution >= 4 is 16.8 Å². The van der Waals surface area contributed by atoms with Gasteiger partial charge in [-0.15, -0.1) is 0 Å². The van der Waals surface area contributed by atoms with Gasteiger partial charge in [0.05, 0.1) is 18.1 Å². The summed E-state index contributed by atoms with van der Waals surface area (Å²) in [4.78, 5) is 4.57. The molecule has 2 heterocycles. The molecule has 2 N–H and O–H groups in total. The Balaban J connectivity index is 2.04. The second-order valence-corrected chi connectivity index (χ2v) is 5.21. The minimum atomic E-state index is 0.139. The highest BCUT2D eigenvalue weighted by Gasteiger charge is 2.40. The average molecular weight is 246 g/mol. The first-order valence-electron chi connectivity index (χ1n) is 6.37. The van der Waals surface area contributed by atoms with Crippen molar-refractivity contribution < 1.29 is 9.15 Å². The third kappa shape index (κ3) is 1.68. The summed E-state index contributed by atoms with van der Waals surface area (Å²) in [5.41, 5.74) is 8.06. The second kappa shape index (κ2) is 3.99. The maximum absolute atomic E-state index is 5.85. The molecule has 3 rings (SSSR count). The van der Waals surface area contributed by atoms with Gasteiger partial charge in [-0.25, -0.2) is 4.98 Å². The van der Waals surface area contributed by atoms with Crippen molar-refractivity contribution in [2.45, 2.75) is 38.9 Å². The molecule has 0 saturated carbocycles. The van der Waals surface area contributed by atoms with Crippen molar-refractivity contribution in [2.24, 2.45) is 5.92 Å². The molecule has 18 heavy (non-hydrogen) atoms. The van der Waals surface area contributed by atoms with Gasteiger partial charge >= 0.3 is 0 Å². The van der Waals surface area contributed by atoms with Gasteiger partial charge in [-0.05, 0) is 31.9 Å². The summed E-state index contributed by atoms with van der Waals surface area (Å²) in [5, 5.41) is 0. The average Bonchev–Trinajstić information content (AvgIpc) is 2.80. The van der Waals surface area contributed by atoms with Gasteiger partial charge < -0.3 is 14.9 Å². The normalized spacial score (nSPS) is 32.2. The fraction of sp³-hybridized carbons (Fsp3) is 0.500. The van der Waals surface area contributed by atoms with Crippen LogP contribution < -0.4 is 5.73 Å². The molecular weight excluding hydrogens is 228 g/mol. The molecule has 1 aromatic heterocycles. The fourth-order valence-corrected chi connectivity index (χ4v) is 2.79. The second-order valence-electron chi connectivity index (χ2n) is 5.21. The highest BCUT2D eigenvalue weighted by molar-refractivity contribution is 5.76. The molecule has 1 aromatic carbocycles. The molecule has 1 aliphatic heterocycles. The topological polar surface area (TPSA) is 61.3 Å². The lowest BCUT2D eigenvalue weighted by molar-refractivity contribution is 0.0546. The van der Waals surface area contributed by atoms with Gasteiger partial charge in [-0.2, -0.15) is 0 Å². The minimum Gasteiger partial charge on any atom is -0.440 e. The molecule has 1 saturated heterocycles. The molecule has 4 nitrogen and oxygen atoms in total. The Morgan fingerprint density at radius 2 is 1.94 bits per heavy atom. The smallest absolute Gasteiger partial charge is 0.201 e. The molecule has 0 radical (unpaired) electrons. The van der Waals surface area contributed by atoms with Crippen LogP contribution in [0.25, 0.3) is 11.1 Å². The molecule has 0 bridgehead atoms. The number of rotatable bonds is 1. The Kier molecular flexibility index (Phi) is 2.55. The Morgan fingerprint density at radius 3 is 2.61 bits per heavy atom. The van der Waals surface area contributed by atoms with E-state index in [9.17, 15) is 0 Å². The summed E-state index contributed by atoms with van der Waals surface area (Å²) in [7, 11) is 0. The first-order chi connectivity index (χ1) is 8.56. The number of hydrogen-bond acceptors (Lipinski definition) is 4. The van der Waals surface area contributed by atoms with E-state index in [4.69, 9.17) is 14.9 Å². The third-order valence-corrected chi connectivity index (χ3v) is 3.96. The lowest BCUT2D eigenvalue weighted by Crippen LogP contribution is -2.15. The Morgan fingerprint density at radius 1 is 1.17 bits per heavy atom. The van der Waals surface area contributed by atoms with Crippen LogP contribution in [0.3, 0.4) is 0 Å². The highest BCUT2D eigenvalue weighted by atomic mass is 16.5. The van der Waals surface area contributed by atoms with Crippen LogP contribution in [0.1, 0.15) is 32.6 Å². The van der Waals surface area contributed by atoms with Gasteiger partial charge in [-0.1, -0.05) is 6.92 Å². The van der Waals surface area contributed by atoms with E-state index < -0.39 is 0 Å². The summed E-state index contributed by atoms with van der Waals surface area (Å²) < 4.78 is 11.7. The molecule has 2 aromatic rings. The number of hydrogen-bond donors (Lipinski definition) is 1. The van der Waals surface area contributed by atoms with Crippen molar-refractivity contribution in [3.63, 3.8) is 0 Å². The highest BCUT2D eigenvalue weighted by Crippen LogP contribution is 2.40. The molecule has 96 valence electrons. The molecular formula is C14H18N2O2. The van der Waals surface area contributed by atoms with E-state index >= 15 is 0 Å². The van der Waals surface area contributed by atoms with E-state index in [0.717, 1.165) is 17.0 Å². The molecule has 1 aliphatic rings. The van der Waals surface area contributed by atoms with E-state index in [1.54, 1.807) is 0 Å². The first kappa shape index (κ1) is 11.5. The maximum atomic E-state index is 5.85. The zero-order chi connectivity index (χ0) is 12.9. The number of benzene rings is 1. The Labute approximate surface area is 106 Å². The molecule has 4 atom stereocenters. The number of nitrogens with two attached hydrogens (primary N) is 1. The van der Waals surface area contributed by atoms with Gasteiger partial charge in [0.2, 0.25) is 5.89 Å². The zero-order valence-corrected chi connectivity index (χ0v) is 10.9. The quantitative estimate of drug-likeness (QED) is 0.786. The van der Waals surface area contributed by atoms with Crippen LogP contribution in [0.15, 0.2) is 22.6 Å². The van der Waals surface area contributed by atoms with Gasteiger partial charge in [0.15, 0.2) is 5.58 Å². The van der Waals surface area contributed by atoms with Crippen LogP contribution in [-0.2, 0) is 4.74 Å². The van der Waals surface area contributed by atoms with Gasteiger partial charge in [0.25, 0.3) is 0 Å². The number of oxazole rings is 1. The molecule has 0 spiro atoms. The molecule has 0 aliphatic carbocycles. The SMILES string of the molecule is CC1OC(C)C(c2nc3ccc(N)cc3o2)C1C. The van der Waals surface area contributed by atoms with Crippen LogP contribution >= 0.6 is 0 Å². The number of aromatic nitrogens is 1. The van der Waals surface area contributed by atoms with Gasteiger partial charge in [0.1, 0.15) is 5.52 Å². The summed E-state index contributed by atoms with van der Waals surface area (Å²) in [6, 6.07) is 5.56. The third-order valence-electron chi connectivity index (χ3n) is 3.96. The summed E-state index contributed by atoms with van der Waals surface area (Å²) in [6.45, 7) is 6.36. The lowest BCUT2D eigenvalue weighted by Gasteiger charge is -2.13. The number of nitrogens with zero attached hydrogens (tertiary/aromatic N) is 1. The van der Waals surface area contributed by atoms with Crippen LogP contribution in [-0.4, -0.2) is 17.2 Å². The van der Waals surface area contributed by atoms with Crippen molar-refractivity contribution in [1.82, 2.24) is 4.98 Å².